The molecule has 0 N–H and O–H groups in total. The van der Waals surface area contributed by atoms with Gasteiger partial charge in [-0.25, -0.2) is 0 Å². The largest absolute Gasteiger partial charge is 0.337 e. The number of amides is 1. The van der Waals surface area contributed by atoms with Crippen molar-refractivity contribution in [3.63, 3.8) is 0 Å². The van der Waals surface area contributed by atoms with Gasteiger partial charge in [-0.2, -0.15) is 13.7 Å². The third-order valence-corrected chi connectivity index (χ3v) is 4.12. The smallest absolute Gasteiger partial charge is 0.307 e. The van der Waals surface area contributed by atoms with Crippen molar-refractivity contribution in [3.05, 3.63) is 35.4 Å². The molecule has 0 aliphatic carbocycles. The average molecular weight is 282 g/mol. The molecule has 1 aromatic rings. The van der Waals surface area contributed by atoms with Gasteiger partial charge < -0.3 is 4.90 Å². The van der Waals surface area contributed by atoms with Gasteiger partial charge in [0, 0.05) is 19.5 Å². The molecule has 0 bridgehead atoms. The second-order valence-electron chi connectivity index (χ2n) is 4.39. The number of nitriles is 1. The van der Waals surface area contributed by atoms with Gasteiger partial charge in [0.25, 0.3) is 0 Å². The summed E-state index contributed by atoms with van der Waals surface area (Å²) >= 11 is 0. The normalized spacial score (nSPS) is 19.5. The van der Waals surface area contributed by atoms with E-state index in [1.165, 1.54) is 4.90 Å². The van der Waals surface area contributed by atoms with E-state index in [9.17, 15) is 17.1 Å². The highest BCUT2D eigenvalue weighted by Crippen LogP contribution is 2.21. The third-order valence-electron chi connectivity index (χ3n) is 3.01. The number of benzene rings is 1. The predicted octanol–water partition coefficient (Wildman–Crippen LogP) is 0.958. The SMILES string of the molecule is N#Cc1cccc(CN2CC(S(=O)(=O)F)CC2=O)c1. The summed E-state index contributed by atoms with van der Waals surface area (Å²) in [4.78, 5) is 12.9. The fourth-order valence-electron chi connectivity index (χ4n) is 2.04. The minimum Gasteiger partial charge on any atom is -0.337 e. The van der Waals surface area contributed by atoms with Crippen LogP contribution in [-0.2, 0) is 21.6 Å². The number of carbonyl (C=O) groups excluding carboxylic acids is 1. The molecule has 0 spiro atoms. The van der Waals surface area contributed by atoms with Crippen molar-refractivity contribution in [1.29, 1.82) is 5.26 Å². The van der Waals surface area contributed by atoms with Crippen LogP contribution in [0.2, 0.25) is 0 Å². The molecule has 7 heteroatoms. The second-order valence-corrected chi connectivity index (χ2v) is 6.01. The highest BCUT2D eigenvalue weighted by Gasteiger charge is 2.38. The van der Waals surface area contributed by atoms with Crippen molar-refractivity contribution in [2.45, 2.75) is 18.2 Å². The monoisotopic (exact) mass is 282 g/mol. The maximum atomic E-state index is 12.8. The lowest BCUT2D eigenvalue weighted by Gasteiger charge is -2.15. The molecular weight excluding hydrogens is 271 g/mol. The van der Waals surface area contributed by atoms with E-state index >= 15 is 0 Å². The van der Waals surface area contributed by atoms with E-state index in [4.69, 9.17) is 5.26 Å². The summed E-state index contributed by atoms with van der Waals surface area (Å²) in [7, 11) is -4.69. The number of rotatable bonds is 3. The van der Waals surface area contributed by atoms with Gasteiger partial charge in [-0.05, 0) is 17.7 Å². The number of likely N-dealkylation sites (tertiary alicyclic amines) is 1. The highest BCUT2D eigenvalue weighted by molar-refractivity contribution is 7.87. The van der Waals surface area contributed by atoms with E-state index in [0.29, 0.717) is 11.1 Å². The van der Waals surface area contributed by atoms with Gasteiger partial charge in [0.15, 0.2) is 0 Å². The van der Waals surface area contributed by atoms with Crippen LogP contribution in [0.5, 0.6) is 0 Å². The molecule has 1 aromatic carbocycles. The fourth-order valence-corrected chi connectivity index (χ4v) is 2.74. The lowest BCUT2D eigenvalue weighted by Crippen LogP contribution is -2.26. The van der Waals surface area contributed by atoms with Crippen molar-refractivity contribution in [2.24, 2.45) is 0 Å². The molecule has 100 valence electrons. The molecule has 5 nitrogen and oxygen atoms in total. The Morgan fingerprint density at radius 2 is 2.21 bits per heavy atom. The Morgan fingerprint density at radius 3 is 2.79 bits per heavy atom. The Balaban J connectivity index is 2.12. The lowest BCUT2D eigenvalue weighted by molar-refractivity contribution is -0.128. The molecule has 0 aromatic heterocycles. The number of halogens is 1. The van der Waals surface area contributed by atoms with Crippen LogP contribution >= 0.6 is 0 Å². The van der Waals surface area contributed by atoms with Crippen LogP contribution in [0.1, 0.15) is 17.5 Å². The second kappa shape index (κ2) is 4.97. The van der Waals surface area contributed by atoms with Gasteiger partial charge in [-0.15, -0.1) is 3.89 Å². The first-order valence-electron chi connectivity index (χ1n) is 5.60. The molecule has 19 heavy (non-hydrogen) atoms. The Labute approximate surface area is 110 Å². The van der Waals surface area contributed by atoms with Gasteiger partial charge >= 0.3 is 10.2 Å². The zero-order valence-electron chi connectivity index (χ0n) is 9.91. The molecule has 1 heterocycles. The summed E-state index contributed by atoms with van der Waals surface area (Å²) in [6.07, 6.45) is -0.323. The molecule has 1 atom stereocenters. The van der Waals surface area contributed by atoms with Gasteiger partial charge in [-0.1, -0.05) is 12.1 Å². The first-order chi connectivity index (χ1) is 8.90. The first kappa shape index (κ1) is 13.5. The van der Waals surface area contributed by atoms with Crippen LogP contribution in [0.4, 0.5) is 3.89 Å². The fraction of sp³-hybridized carbons (Fsp3) is 0.333. The van der Waals surface area contributed by atoms with E-state index in [-0.39, 0.29) is 19.5 Å². The topological polar surface area (TPSA) is 78.2 Å². The van der Waals surface area contributed by atoms with Gasteiger partial charge in [0.2, 0.25) is 5.91 Å². The van der Waals surface area contributed by atoms with Crippen LogP contribution in [0.15, 0.2) is 24.3 Å². The van der Waals surface area contributed by atoms with Crippen molar-refractivity contribution >= 4 is 16.1 Å². The Kier molecular flexibility index (Phi) is 3.53. The lowest BCUT2D eigenvalue weighted by atomic mass is 10.1. The van der Waals surface area contributed by atoms with Crippen LogP contribution in [-0.4, -0.2) is 31.0 Å². The minimum absolute atomic E-state index is 0.144. The molecule has 0 saturated carbocycles. The van der Waals surface area contributed by atoms with Crippen LogP contribution in [0.25, 0.3) is 0 Å². The standard InChI is InChI=1S/C12H11FN2O3S/c13-19(17,18)11-5-12(16)15(8-11)7-10-3-1-2-9(4-10)6-14/h1-4,11H,5,7-8H2. The van der Waals surface area contributed by atoms with E-state index in [1.54, 1.807) is 24.3 Å². The summed E-state index contributed by atoms with van der Waals surface area (Å²) < 4.78 is 34.4. The molecule has 1 aliphatic heterocycles. The van der Waals surface area contributed by atoms with Crippen LogP contribution in [0.3, 0.4) is 0 Å². The van der Waals surface area contributed by atoms with Crippen molar-refractivity contribution in [3.8, 4) is 6.07 Å². The molecular formula is C12H11FN2O3S. The van der Waals surface area contributed by atoms with Crippen molar-refractivity contribution in [1.82, 2.24) is 4.90 Å². The van der Waals surface area contributed by atoms with E-state index in [0.717, 1.165) is 0 Å². The van der Waals surface area contributed by atoms with E-state index < -0.39 is 21.4 Å². The Hall–Kier alpha value is -1.94. The van der Waals surface area contributed by atoms with Crippen molar-refractivity contribution < 1.29 is 17.1 Å². The molecule has 0 radical (unpaired) electrons. The van der Waals surface area contributed by atoms with Crippen molar-refractivity contribution in [2.75, 3.05) is 6.54 Å². The van der Waals surface area contributed by atoms with Crippen LogP contribution in [0, 0.1) is 11.3 Å². The Morgan fingerprint density at radius 1 is 1.47 bits per heavy atom. The zero-order chi connectivity index (χ0) is 14.0. The number of hydrogen-bond donors (Lipinski definition) is 0. The van der Waals surface area contributed by atoms with Crippen LogP contribution < -0.4 is 0 Å². The molecule has 1 unspecified atom stereocenters. The summed E-state index contributed by atoms with van der Waals surface area (Å²) in [6, 6.07) is 8.63. The summed E-state index contributed by atoms with van der Waals surface area (Å²) in [5, 5.41) is 7.49. The quantitative estimate of drug-likeness (QED) is 0.773. The Bertz CT molecular complexity index is 651. The minimum atomic E-state index is -4.69. The van der Waals surface area contributed by atoms with Gasteiger partial charge in [0.05, 0.1) is 11.6 Å². The predicted molar refractivity (Wildman–Crippen MR) is 65.0 cm³/mol. The molecule has 2 rings (SSSR count). The number of carbonyl (C=O) groups is 1. The highest BCUT2D eigenvalue weighted by atomic mass is 32.3. The maximum Gasteiger partial charge on any atom is 0.307 e. The molecule has 1 amide bonds. The zero-order valence-corrected chi connectivity index (χ0v) is 10.7. The first-order valence-corrected chi connectivity index (χ1v) is 7.05. The molecule has 1 fully saturated rings. The number of hydrogen-bond acceptors (Lipinski definition) is 4. The molecule has 1 aliphatic rings. The average Bonchev–Trinajstić information content (AvgIpc) is 2.71. The number of nitrogens with zero attached hydrogens (tertiary/aromatic N) is 2. The maximum absolute atomic E-state index is 12.8. The van der Waals surface area contributed by atoms with E-state index in [1.807, 2.05) is 6.07 Å². The summed E-state index contributed by atoms with van der Waals surface area (Å²) in [5.74, 6) is -0.395. The van der Waals surface area contributed by atoms with Gasteiger partial charge in [-0.3, -0.25) is 4.79 Å². The third kappa shape index (κ3) is 3.09. The van der Waals surface area contributed by atoms with Gasteiger partial charge in [0.1, 0.15) is 5.25 Å². The molecule has 1 saturated heterocycles. The summed E-state index contributed by atoms with van der Waals surface area (Å²) in [6.45, 7) is 0.0365. The summed E-state index contributed by atoms with van der Waals surface area (Å²) in [5.41, 5.74) is 1.17. The van der Waals surface area contributed by atoms with E-state index in [2.05, 4.69) is 0 Å².